The summed E-state index contributed by atoms with van der Waals surface area (Å²) in [5, 5.41) is 0. The number of nitrogens with zero attached hydrogens (tertiary/aromatic N) is 1. The van der Waals surface area contributed by atoms with Crippen LogP contribution in [0.25, 0.3) is 0 Å². The molecule has 0 aliphatic heterocycles. The minimum atomic E-state index is -0.949. The molecule has 0 aromatic heterocycles. The molecule has 0 aliphatic carbocycles. The summed E-state index contributed by atoms with van der Waals surface area (Å²) in [6, 6.07) is 0. The predicted molar refractivity (Wildman–Crippen MR) is 63.9 cm³/mol. The van der Waals surface area contributed by atoms with Gasteiger partial charge < -0.3 is 0 Å². The number of rotatable bonds is 8. The van der Waals surface area contributed by atoms with Gasteiger partial charge in [-0.1, -0.05) is 0 Å². The molecule has 0 bridgehead atoms. The molecule has 13 heavy (non-hydrogen) atoms. The van der Waals surface area contributed by atoms with Crippen LogP contribution in [0.1, 0.15) is 34.1 Å². The molecule has 0 heterocycles. The van der Waals surface area contributed by atoms with Crippen molar-refractivity contribution >= 4 is 21.4 Å². The SMILES string of the molecule is CCN(CC)CC[CH2][In]([CH2]C)[CH2]C. The maximum absolute atomic E-state index is 2.55. The van der Waals surface area contributed by atoms with Gasteiger partial charge in [-0.25, -0.2) is 0 Å². The van der Waals surface area contributed by atoms with Gasteiger partial charge in [0.15, 0.2) is 0 Å². The molecule has 0 spiro atoms. The molecule has 0 radical (unpaired) electrons. The molecule has 0 rings (SSSR count). The molecule has 0 amide bonds. The molecule has 1 nitrogen and oxygen atoms in total. The van der Waals surface area contributed by atoms with E-state index in [0.29, 0.717) is 0 Å². The predicted octanol–water partition coefficient (Wildman–Crippen LogP) is 3.25. The Morgan fingerprint density at radius 2 is 1.46 bits per heavy atom. The Balaban J connectivity index is 3.41. The first-order valence-electron chi connectivity index (χ1n) is 6.00. The molecule has 0 saturated heterocycles. The Morgan fingerprint density at radius 3 is 1.85 bits per heavy atom. The molecular formula is C11H26InN. The minimum absolute atomic E-state index is 0.949. The summed E-state index contributed by atoms with van der Waals surface area (Å²) >= 11 is -0.949. The summed E-state index contributed by atoms with van der Waals surface area (Å²) < 4.78 is 4.76. The van der Waals surface area contributed by atoms with Crippen molar-refractivity contribution in [2.75, 3.05) is 19.6 Å². The normalized spacial score (nSPS) is 10.8. The summed E-state index contributed by atoms with van der Waals surface area (Å²) in [5.74, 6) is 0. The van der Waals surface area contributed by atoms with Crippen LogP contribution in [0.4, 0.5) is 0 Å². The van der Waals surface area contributed by atoms with Crippen LogP contribution in [0.15, 0.2) is 0 Å². The van der Waals surface area contributed by atoms with Gasteiger partial charge in [-0.3, -0.25) is 0 Å². The molecule has 0 aromatic rings. The van der Waals surface area contributed by atoms with E-state index in [1.165, 1.54) is 26.1 Å². The van der Waals surface area contributed by atoms with Crippen molar-refractivity contribution in [3.05, 3.63) is 0 Å². The van der Waals surface area contributed by atoms with Gasteiger partial charge in [0.2, 0.25) is 0 Å². The zero-order valence-electron chi connectivity index (χ0n) is 9.97. The van der Waals surface area contributed by atoms with Crippen LogP contribution < -0.4 is 0 Å². The fraction of sp³-hybridized carbons (Fsp3) is 1.00. The third-order valence-corrected chi connectivity index (χ3v) is 13.2. The van der Waals surface area contributed by atoms with E-state index in [-0.39, 0.29) is 0 Å². The number of hydrogen-bond donors (Lipinski definition) is 0. The average Bonchev–Trinajstić information content (AvgIpc) is 2.19. The second-order valence-corrected chi connectivity index (χ2v) is 15.1. The Bertz CT molecular complexity index is 86.3. The first kappa shape index (κ1) is 13.8. The Hall–Kier alpha value is 0.830. The van der Waals surface area contributed by atoms with Crippen molar-refractivity contribution in [2.24, 2.45) is 0 Å². The maximum atomic E-state index is 2.55. The van der Waals surface area contributed by atoms with E-state index in [1.807, 2.05) is 0 Å². The molecule has 0 N–H and O–H groups in total. The Morgan fingerprint density at radius 1 is 0.923 bits per heavy atom. The van der Waals surface area contributed by atoms with Gasteiger partial charge in [-0.15, -0.1) is 0 Å². The summed E-state index contributed by atoms with van der Waals surface area (Å²) in [4.78, 5) is 2.55. The zero-order chi connectivity index (χ0) is 10.1. The van der Waals surface area contributed by atoms with Crippen molar-refractivity contribution in [1.82, 2.24) is 4.90 Å². The van der Waals surface area contributed by atoms with Crippen LogP contribution in [-0.2, 0) is 0 Å². The Labute approximate surface area is 92.4 Å². The van der Waals surface area contributed by atoms with Gasteiger partial charge in [-0.05, 0) is 0 Å². The second kappa shape index (κ2) is 9.39. The van der Waals surface area contributed by atoms with Crippen molar-refractivity contribution in [3.63, 3.8) is 0 Å². The third-order valence-electron chi connectivity index (χ3n) is 3.14. The molecule has 0 atom stereocenters. The van der Waals surface area contributed by atoms with Crippen molar-refractivity contribution in [3.8, 4) is 0 Å². The molecule has 0 unspecified atom stereocenters. The average molecular weight is 287 g/mol. The van der Waals surface area contributed by atoms with Crippen LogP contribution >= 0.6 is 0 Å². The summed E-state index contributed by atoms with van der Waals surface area (Å²) in [6.07, 6.45) is 1.48. The summed E-state index contributed by atoms with van der Waals surface area (Å²) in [7, 11) is 0. The van der Waals surface area contributed by atoms with Gasteiger partial charge in [-0.2, -0.15) is 0 Å². The van der Waals surface area contributed by atoms with Gasteiger partial charge in [0, 0.05) is 0 Å². The van der Waals surface area contributed by atoms with Crippen LogP contribution in [0, 0.1) is 0 Å². The van der Waals surface area contributed by atoms with E-state index in [2.05, 4.69) is 32.6 Å². The first-order valence-corrected chi connectivity index (χ1v) is 13.0. The second-order valence-electron chi connectivity index (χ2n) is 3.85. The molecule has 78 valence electrons. The van der Waals surface area contributed by atoms with Gasteiger partial charge in [0.25, 0.3) is 0 Å². The topological polar surface area (TPSA) is 3.24 Å². The van der Waals surface area contributed by atoms with E-state index in [9.17, 15) is 0 Å². The first-order chi connectivity index (χ1) is 6.28. The van der Waals surface area contributed by atoms with E-state index >= 15 is 0 Å². The van der Waals surface area contributed by atoms with Crippen LogP contribution in [0.5, 0.6) is 0 Å². The molecule has 0 aromatic carbocycles. The van der Waals surface area contributed by atoms with E-state index < -0.39 is 21.4 Å². The molecule has 0 fully saturated rings. The quantitative estimate of drug-likeness (QED) is 0.662. The van der Waals surface area contributed by atoms with Gasteiger partial charge in [0.05, 0.1) is 0 Å². The summed E-state index contributed by atoms with van der Waals surface area (Å²) in [6.45, 7) is 13.2. The van der Waals surface area contributed by atoms with E-state index in [0.717, 1.165) is 0 Å². The monoisotopic (exact) mass is 287 g/mol. The van der Waals surface area contributed by atoms with Crippen LogP contribution in [0.3, 0.4) is 0 Å². The van der Waals surface area contributed by atoms with E-state index in [4.69, 9.17) is 0 Å². The summed E-state index contributed by atoms with van der Waals surface area (Å²) in [5.41, 5.74) is 0. The molecule has 2 heteroatoms. The standard InChI is InChI=1S/C7H16N.2C2H5.In/c1-4-7-8(5-2)6-3;2*1-2;/h1,4-7H2,2-3H3;2*1H2,2H3;. The zero-order valence-corrected chi connectivity index (χ0v) is 13.3. The molecule has 0 saturated carbocycles. The number of hydrogen-bond acceptors (Lipinski definition) is 1. The van der Waals surface area contributed by atoms with Crippen molar-refractivity contribution < 1.29 is 0 Å². The van der Waals surface area contributed by atoms with Gasteiger partial charge in [0.1, 0.15) is 0 Å². The van der Waals surface area contributed by atoms with Crippen molar-refractivity contribution in [1.29, 1.82) is 0 Å². The third kappa shape index (κ3) is 6.84. The molecule has 0 aliphatic rings. The van der Waals surface area contributed by atoms with Crippen molar-refractivity contribution in [2.45, 2.75) is 46.6 Å². The fourth-order valence-corrected chi connectivity index (χ4v) is 7.99. The van der Waals surface area contributed by atoms with Crippen LogP contribution in [0.2, 0.25) is 12.5 Å². The van der Waals surface area contributed by atoms with E-state index in [1.54, 1.807) is 12.5 Å². The van der Waals surface area contributed by atoms with Gasteiger partial charge >= 0.3 is 92.6 Å². The Kier molecular flexibility index (Phi) is 9.99. The fourth-order valence-electron chi connectivity index (χ4n) is 1.84. The molecular weight excluding hydrogens is 261 g/mol. The van der Waals surface area contributed by atoms with Crippen LogP contribution in [-0.4, -0.2) is 46.0 Å².